The van der Waals surface area contributed by atoms with Gasteiger partial charge in [-0.25, -0.2) is 4.31 Å². The second-order valence-corrected chi connectivity index (χ2v) is 4.81. The normalized spacial score (nSPS) is 28.7. The molecule has 1 aliphatic heterocycles. The van der Waals surface area contributed by atoms with E-state index in [-0.39, 0.29) is 0 Å². The monoisotopic (exact) mass is 165 g/mol. The van der Waals surface area contributed by atoms with Crippen molar-refractivity contribution in [2.45, 2.75) is 19.8 Å². The van der Waals surface area contributed by atoms with E-state index < -0.39 is 10.8 Å². The Morgan fingerprint density at radius 1 is 1.50 bits per heavy atom. The highest BCUT2D eigenvalue weighted by Gasteiger charge is 2.27. The molecule has 2 N–H and O–H groups in total. The van der Waals surface area contributed by atoms with Gasteiger partial charge in [0.15, 0.2) is 0 Å². The summed E-state index contributed by atoms with van der Waals surface area (Å²) >= 11 is 0. The Hall–Kier alpha value is 0.230. The summed E-state index contributed by atoms with van der Waals surface area (Å²) in [6, 6.07) is 0. The lowest BCUT2D eigenvalue weighted by Gasteiger charge is -2.36. The van der Waals surface area contributed by atoms with Crippen LogP contribution in [0.3, 0.4) is 0 Å². The van der Waals surface area contributed by atoms with Gasteiger partial charge >= 0.3 is 0 Å². The Labute approximate surface area is 63.5 Å². The molecule has 0 spiro atoms. The van der Waals surface area contributed by atoms with Crippen molar-refractivity contribution in [1.82, 2.24) is 4.31 Å². The molecule has 0 atom stereocenters. The van der Waals surface area contributed by atoms with Crippen molar-refractivity contribution in [1.29, 1.82) is 0 Å². The second-order valence-electron chi connectivity index (χ2n) is 2.62. The molecule has 0 radical (unpaired) electrons. The summed E-state index contributed by atoms with van der Waals surface area (Å²) < 4.78 is 20.5. The third kappa shape index (κ3) is 1.63. The minimum Gasteiger partial charge on any atom is -0.285 e. The lowest BCUT2D eigenvalue weighted by molar-refractivity contribution is 0.378. The third-order valence-corrected chi connectivity index (χ3v) is 3.74. The van der Waals surface area contributed by atoms with Gasteiger partial charge in [-0.15, -0.1) is 10.8 Å². The predicted molar refractivity (Wildman–Crippen MR) is 44.2 cm³/mol. The molecule has 1 fully saturated rings. The zero-order chi connectivity index (χ0) is 7.61. The number of nitrogens with zero attached hydrogens (tertiary/aromatic N) is 1. The van der Waals surface area contributed by atoms with Crippen LogP contribution in [-0.4, -0.2) is 32.3 Å². The zero-order valence-electron chi connectivity index (χ0n) is 6.29. The van der Waals surface area contributed by atoms with Gasteiger partial charge in [0.2, 0.25) is 0 Å². The van der Waals surface area contributed by atoms with E-state index in [1.165, 1.54) is 0 Å². The maximum atomic E-state index is 9.35. The van der Waals surface area contributed by atoms with Crippen molar-refractivity contribution < 1.29 is 9.11 Å². The highest BCUT2D eigenvalue weighted by Crippen LogP contribution is 2.48. The Bertz CT molecular complexity index is 118. The zero-order valence-corrected chi connectivity index (χ0v) is 7.10. The molecule has 10 heavy (non-hydrogen) atoms. The van der Waals surface area contributed by atoms with E-state index in [0.717, 1.165) is 25.9 Å². The molecule has 1 heterocycles. The molecule has 4 heteroatoms. The molecule has 0 aliphatic carbocycles. The van der Waals surface area contributed by atoms with Crippen LogP contribution in [0.25, 0.3) is 0 Å². The number of rotatable bonds is 2. The lowest BCUT2D eigenvalue weighted by atomic mass is 10.4. The molecular weight excluding hydrogens is 150 g/mol. The van der Waals surface area contributed by atoms with Crippen LogP contribution in [-0.2, 0) is 0 Å². The SMILES string of the molecule is CCCN1CCCS1(O)O. The first kappa shape index (κ1) is 8.33. The van der Waals surface area contributed by atoms with Gasteiger partial charge in [0.1, 0.15) is 0 Å². The maximum Gasteiger partial charge on any atom is 0.0543 e. The smallest absolute Gasteiger partial charge is 0.0543 e. The summed E-state index contributed by atoms with van der Waals surface area (Å²) in [5, 5.41) is 0. The van der Waals surface area contributed by atoms with Crippen LogP contribution in [0, 0.1) is 0 Å². The second kappa shape index (κ2) is 3.09. The minimum atomic E-state index is -2.32. The van der Waals surface area contributed by atoms with Crippen molar-refractivity contribution in [3.05, 3.63) is 0 Å². The van der Waals surface area contributed by atoms with Gasteiger partial charge in [-0.05, 0) is 12.8 Å². The van der Waals surface area contributed by atoms with E-state index in [0.29, 0.717) is 5.75 Å². The van der Waals surface area contributed by atoms with E-state index in [9.17, 15) is 9.11 Å². The van der Waals surface area contributed by atoms with Crippen LogP contribution in [0.1, 0.15) is 19.8 Å². The Morgan fingerprint density at radius 2 is 2.20 bits per heavy atom. The molecule has 0 amide bonds. The van der Waals surface area contributed by atoms with Crippen LogP contribution in [0.4, 0.5) is 0 Å². The van der Waals surface area contributed by atoms with Crippen molar-refractivity contribution in [2.24, 2.45) is 0 Å². The Morgan fingerprint density at radius 3 is 2.60 bits per heavy atom. The van der Waals surface area contributed by atoms with Gasteiger partial charge in [-0.1, -0.05) is 6.92 Å². The lowest BCUT2D eigenvalue weighted by Crippen LogP contribution is -2.23. The minimum absolute atomic E-state index is 0.576. The topological polar surface area (TPSA) is 43.7 Å². The first-order valence-electron chi connectivity index (χ1n) is 3.68. The molecule has 0 aromatic carbocycles. The van der Waals surface area contributed by atoms with Crippen molar-refractivity contribution in [3.8, 4) is 0 Å². The van der Waals surface area contributed by atoms with E-state index >= 15 is 0 Å². The molecule has 3 nitrogen and oxygen atoms in total. The summed E-state index contributed by atoms with van der Waals surface area (Å²) in [7, 11) is -2.32. The molecule has 0 aromatic rings. The van der Waals surface area contributed by atoms with Crippen LogP contribution < -0.4 is 0 Å². The predicted octanol–water partition coefficient (Wildman–Crippen LogP) is 1.77. The molecule has 0 bridgehead atoms. The Balaban J connectivity index is 2.43. The quantitative estimate of drug-likeness (QED) is 0.655. The van der Waals surface area contributed by atoms with Crippen molar-refractivity contribution in [3.63, 3.8) is 0 Å². The van der Waals surface area contributed by atoms with Crippen LogP contribution in [0.2, 0.25) is 0 Å². The van der Waals surface area contributed by atoms with Gasteiger partial charge in [-0.2, -0.15) is 0 Å². The number of hydrogen-bond acceptors (Lipinski definition) is 3. The molecule has 1 aliphatic rings. The summed E-state index contributed by atoms with van der Waals surface area (Å²) in [5.41, 5.74) is 0. The Kier molecular flexibility index (Phi) is 2.57. The average Bonchev–Trinajstić information content (AvgIpc) is 2.13. The highest BCUT2D eigenvalue weighted by atomic mass is 32.3. The standard InChI is InChI=1S/C6H15NO2S/c1-2-4-7-5-3-6-10(7,8)9/h8-9H,2-6H2,1H3. The van der Waals surface area contributed by atoms with Crippen LogP contribution >= 0.6 is 10.8 Å². The molecule has 1 saturated heterocycles. The molecule has 0 unspecified atom stereocenters. The largest absolute Gasteiger partial charge is 0.285 e. The summed E-state index contributed by atoms with van der Waals surface area (Å²) in [6.07, 6.45) is 1.93. The van der Waals surface area contributed by atoms with Gasteiger partial charge in [-0.3, -0.25) is 9.11 Å². The van der Waals surface area contributed by atoms with E-state index in [4.69, 9.17) is 0 Å². The van der Waals surface area contributed by atoms with E-state index in [2.05, 4.69) is 0 Å². The summed E-state index contributed by atoms with van der Waals surface area (Å²) in [6.45, 7) is 3.73. The summed E-state index contributed by atoms with van der Waals surface area (Å²) in [4.78, 5) is 0. The highest BCUT2D eigenvalue weighted by molar-refractivity contribution is 8.22. The molecule has 0 aromatic heterocycles. The van der Waals surface area contributed by atoms with Gasteiger partial charge in [0.25, 0.3) is 0 Å². The first-order chi connectivity index (χ1) is 4.67. The molecule has 62 valence electrons. The fourth-order valence-corrected chi connectivity index (χ4v) is 2.89. The molecule has 1 rings (SSSR count). The van der Waals surface area contributed by atoms with Gasteiger partial charge in [0.05, 0.1) is 5.75 Å². The molecule has 0 saturated carbocycles. The number of hydrogen-bond donors (Lipinski definition) is 2. The third-order valence-electron chi connectivity index (χ3n) is 1.71. The van der Waals surface area contributed by atoms with Gasteiger partial charge in [0, 0.05) is 13.1 Å². The molecular formula is C6H15NO2S. The van der Waals surface area contributed by atoms with E-state index in [1.54, 1.807) is 4.31 Å². The fourth-order valence-electron chi connectivity index (χ4n) is 1.22. The van der Waals surface area contributed by atoms with E-state index in [1.807, 2.05) is 6.92 Å². The van der Waals surface area contributed by atoms with Crippen LogP contribution in [0.5, 0.6) is 0 Å². The maximum absolute atomic E-state index is 9.35. The summed E-state index contributed by atoms with van der Waals surface area (Å²) in [5.74, 6) is 0.576. The average molecular weight is 165 g/mol. The van der Waals surface area contributed by atoms with Crippen molar-refractivity contribution >= 4 is 10.8 Å². The fraction of sp³-hybridized carbons (Fsp3) is 1.00. The van der Waals surface area contributed by atoms with Gasteiger partial charge < -0.3 is 0 Å². The van der Waals surface area contributed by atoms with Crippen LogP contribution in [0.15, 0.2) is 0 Å². The first-order valence-corrected chi connectivity index (χ1v) is 5.35. The van der Waals surface area contributed by atoms with Crippen molar-refractivity contribution in [2.75, 3.05) is 18.8 Å².